The molecule has 0 radical (unpaired) electrons. The summed E-state index contributed by atoms with van der Waals surface area (Å²) in [7, 11) is 0. The minimum absolute atomic E-state index is 0.0277. The van der Waals surface area contributed by atoms with Crippen LogP contribution in [-0.2, 0) is 4.79 Å². The topological polar surface area (TPSA) is 69.6 Å². The molecule has 1 heterocycles. The Morgan fingerprint density at radius 1 is 1.37 bits per heavy atom. The van der Waals surface area contributed by atoms with E-state index >= 15 is 0 Å². The summed E-state index contributed by atoms with van der Waals surface area (Å²) in [6, 6.07) is -0.264. The van der Waals surface area contributed by atoms with Crippen LogP contribution in [0.25, 0.3) is 0 Å². The molecule has 0 spiro atoms. The molecule has 0 aromatic heterocycles. The lowest BCUT2D eigenvalue weighted by Gasteiger charge is -2.39. The predicted molar refractivity (Wildman–Crippen MR) is 77.6 cm³/mol. The molecular formula is C13H24N2O3S. The molecule has 2 amide bonds. The van der Waals surface area contributed by atoms with Crippen LogP contribution in [0.3, 0.4) is 0 Å². The van der Waals surface area contributed by atoms with Gasteiger partial charge in [0.05, 0.1) is 0 Å². The first-order valence-electron chi connectivity index (χ1n) is 6.71. The molecule has 0 aromatic rings. The van der Waals surface area contributed by atoms with Crippen molar-refractivity contribution in [3.8, 4) is 0 Å². The van der Waals surface area contributed by atoms with Crippen LogP contribution in [-0.4, -0.2) is 51.1 Å². The van der Waals surface area contributed by atoms with Gasteiger partial charge in [-0.2, -0.15) is 11.8 Å². The highest BCUT2D eigenvalue weighted by atomic mass is 32.2. The maximum absolute atomic E-state index is 12.3. The number of urea groups is 1. The van der Waals surface area contributed by atoms with Gasteiger partial charge in [-0.25, -0.2) is 9.59 Å². The monoisotopic (exact) mass is 288 g/mol. The number of nitrogens with one attached hydrogen (secondary N) is 1. The summed E-state index contributed by atoms with van der Waals surface area (Å²) in [5, 5.41) is 12.1. The number of carboxylic acid groups (broad SMARTS) is 1. The standard InChI is InChI=1S/C13H24N2O3S/c1-5-13(6-2,10(16)17)14-11(18)15-7-8-19-12(3,4)9-15/h5-9H2,1-4H3,(H,14,18)(H,16,17). The van der Waals surface area contributed by atoms with Crippen LogP contribution < -0.4 is 5.32 Å². The zero-order chi connectivity index (χ0) is 14.7. The highest BCUT2D eigenvalue weighted by molar-refractivity contribution is 8.00. The quantitative estimate of drug-likeness (QED) is 0.832. The van der Waals surface area contributed by atoms with Crippen molar-refractivity contribution in [3.63, 3.8) is 0 Å². The second-order valence-corrected chi connectivity index (χ2v) is 7.36. The first-order valence-corrected chi connectivity index (χ1v) is 7.69. The second-order valence-electron chi connectivity index (χ2n) is 5.55. The SMILES string of the molecule is CCC(CC)(NC(=O)N1CCSC(C)(C)C1)C(=O)O. The minimum Gasteiger partial charge on any atom is -0.480 e. The van der Waals surface area contributed by atoms with Gasteiger partial charge in [-0.05, 0) is 26.7 Å². The second kappa shape index (κ2) is 6.03. The van der Waals surface area contributed by atoms with E-state index in [1.54, 1.807) is 18.7 Å². The Balaban J connectivity index is 2.75. The molecule has 0 aliphatic carbocycles. The number of amides is 2. The van der Waals surface area contributed by atoms with Gasteiger partial charge in [0, 0.05) is 23.6 Å². The van der Waals surface area contributed by atoms with E-state index in [1.807, 2.05) is 11.8 Å². The smallest absolute Gasteiger partial charge is 0.329 e. The van der Waals surface area contributed by atoms with Gasteiger partial charge in [0.25, 0.3) is 0 Å². The fraction of sp³-hybridized carbons (Fsp3) is 0.846. The van der Waals surface area contributed by atoms with Crippen molar-refractivity contribution in [3.05, 3.63) is 0 Å². The third-order valence-electron chi connectivity index (χ3n) is 3.68. The highest BCUT2D eigenvalue weighted by Gasteiger charge is 2.39. The molecule has 6 heteroatoms. The molecule has 1 rings (SSSR count). The van der Waals surface area contributed by atoms with Gasteiger partial charge in [0.15, 0.2) is 0 Å². The van der Waals surface area contributed by atoms with Crippen LogP contribution in [0.1, 0.15) is 40.5 Å². The number of hydrogen-bond donors (Lipinski definition) is 2. The molecule has 1 aliphatic rings. The van der Waals surface area contributed by atoms with Crippen LogP contribution in [0, 0.1) is 0 Å². The van der Waals surface area contributed by atoms with Gasteiger partial charge in [0.2, 0.25) is 0 Å². The number of rotatable bonds is 4. The Kier molecular flexibility index (Phi) is 5.12. The van der Waals surface area contributed by atoms with Gasteiger partial charge in [-0.3, -0.25) is 0 Å². The molecule has 2 N–H and O–H groups in total. The molecule has 110 valence electrons. The van der Waals surface area contributed by atoms with E-state index in [-0.39, 0.29) is 10.8 Å². The van der Waals surface area contributed by atoms with Crippen molar-refractivity contribution in [2.75, 3.05) is 18.8 Å². The van der Waals surface area contributed by atoms with Gasteiger partial charge < -0.3 is 15.3 Å². The lowest BCUT2D eigenvalue weighted by Crippen LogP contribution is -2.59. The molecule has 0 aromatic carbocycles. The zero-order valence-corrected chi connectivity index (χ0v) is 13.0. The average Bonchev–Trinajstić information content (AvgIpc) is 2.34. The number of nitrogens with zero attached hydrogens (tertiary/aromatic N) is 1. The number of carbonyl (C=O) groups excluding carboxylic acids is 1. The fourth-order valence-electron chi connectivity index (χ4n) is 2.26. The van der Waals surface area contributed by atoms with E-state index in [0.717, 1.165) is 5.75 Å². The van der Waals surface area contributed by atoms with Crippen molar-refractivity contribution >= 4 is 23.8 Å². The normalized spacial score (nSPS) is 19.1. The Morgan fingerprint density at radius 2 is 1.95 bits per heavy atom. The molecule has 19 heavy (non-hydrogen) atoms. The van der Waals surface area contributed by atoms with Gasteiger partial charge in [0.1, 0.15) is 5.54 Å². The molecule has 0 saturated carbocycles. The lowest BCUT2D eigenvalue weighted by atomic mass is 9.93. The van der Waals surface area contributed by atoms with Gasteiger partial charge in [-0.15, -0.1) is 0 Å². The molecule has 1 fully saturated rings. The van der Waals surface area contributed by atoms with Crippen LogP contribution in [0.4, 0.5) is 4.79 Å². The lowest BCUT2D eigenvalue weighted by molar-refractivity contribution is -0.144. The van der Waals surface area contributed by atoms with E-state index in [2.05, 4.69) is 19.2 Å². The Hall–Kier alpha value is -0.910. The first-order chi connectivity index (χ1) is 8.76. The molecule has 1 aliphatic heterocycles. The zero-order valence-electron chi connectivity index (χ0n) is 12.2. The minimum atomic E-state index is -1.15. The molecule has 5 nitrogen and oxygen atoms in total. The number of thioether (sulfide) groups is 1. The first kappa shape index (κ1) is 16.1. The summed E-state index contributed by atoms with van der Waals surface area (Å²) in [4.78, 5) is 25.4. The van der Waals surface area contributed by atoms with E-state index in [9.17, 15) is 14.7 Å². The predicted octanol–water partition coefficient (Wildman–Crippen LogP) is 2.17. The van der Waals surface area contributed by atoms with Crippen LogP contribution in [0.5, 0.6) is 0 Å². The fourth-order valence-corrected chi connectivity index (χ4v) is 3.37. The van der Waals surface area contributed by atoms with Crippen LogP contribution >= 0.6 is 11.8 Å². The number of carbonyl (C=O) groups is 2. The van der Waals surface area contributed by atoms with Crippen LogP contribution in [0.15, 0.2) is 0 Å². The Labute approximate surface area is 119 Å². The number of aliphatic carboxylic acids is 1. The van der Waals surface area contributed by atoms with Crippen molar-refractivity contribution in [1.29, 1.82) is 0 Å². The summed E-state index contributed by atoms with van der Waals surface area (Å²) < 4.78 is 0.0277. The highest BCUT2D eigenvalue weighted by Crippen LogP contribution is 2.29. The van der Waals surface area contributed by atoms with E-state index in [1.165, 1.54) is 0 Å². The summed E-state index contributed by atoms with van der Waals surface area (Å²) in [5.41, 5.74) is -1.15. The van der Waals surface area contributed by atoms with E-state index < -0.39 is 11.5 Å². The summed E-state index contributed by atoms with van der Waals surface area (Å²) in [6.45, 7) is 9.08. The largest absolute Gasteiger partial charge is 0.480 e. The van der Waals surface area contributed by atoms with Crippen molar-refractivity contribution < 1.29 is 14.7 Å². The van der Waals surface area contributed by atoms with E-state index in [0.29, 0.717) is 25.9 Å². The Bertz CT molecular complexity index is 354. The molecule has 0 bridgehead atoms. The van der Waals surface area contributed by atoms with Gasteiger partial charge >= 0.3 is 12.0 Å². The Morgan fingerprint density at radius 3 is 2.37 bits per heavy atom. The van der Waals surface area contributed by atoms with Crippen molar-refractivity contribution in [1.82, 2.24) is 10.2 Å². The molecule has 0 atom stereocenters. The molecule has 0 unspecified atom stereocenters. The van der Waals surface area contributed by atoms with Crippen molar-refractivity contribution in [2.45, 2.75) is 50.8 Å². The van der Waals surface area contributed by atoms with Crippen LogP contribution in [0.2, 0.25) is 0 Å². The molecule has 1 saturated heterocycles. The van der Waals surface area contributed by atoms with E-state index in [4.69, 9.17) is 0 Å². The number of hydrogen-bond acceptors (Lipinski definition) is 3. The maximum atomic E-state index is 12.3. The van der Waals surface area contributed by atoms with Crippen molar-refractivity contribution in [2.24, 2.45) is 0 Å². The third kappa shape index (κ3) is 3.78. The average molecular weight is 288 g/mol. The summed E-state index contributed by atoms with van der Waals surface area (Å²) >= 11 is 1.84. The molecular weight excluding hydrogens is 264 g/mol. The number of carboxylic acids is 1. The third-order valence-corrected chi connectivity index (χ3v) is 4.97. The summed E-state index contributed by atoms with van der Waals surface area (Å²) in [5.74, 6) is -0.0739. The van der Waals surface area contributed by atoms with Gasteiger partial charge in [-0.1, -0.05) is 13.8 Å². The maximum Gasteiger partial charge on any atom is 0.329 e. The summed E-state index contributed by atoms with van der Waals surface area (Å²) in [6.07, 6.45) is 0.771.